The van der Waals surface area contributed by atoms with Crippen LogP contribution in [0.4, 0.5) is 0 Å². The number of carbonyl (C=O) groups is 1. The number of piperidine rings is 1. The van der Waals surface area contributed by atoms with Gasteiger partial charge in [0, 0.05) is 37.0 Å². The molecule has 2 aliphatic heterocycles. The van der Waals surface area contributed by atoms with Crippen molar-refractivity contribution in [1.29, 1.82) is 0 Å². The number of Topliss-reactive ketones (excluding diaryl/α,β-unsaturated/α-hetero) is 1. The number of morpholine rings is 1. The molecule has 2 unspecified atom stereocenters. The number of hydrogen-bond donors (Lipinski definition) is 0. The standard InChI is InChI=1S/C15H16Cl3NO2/c16-15(17,18)11-3-1-2-10(4-11)7-19-12-5-14(20)6-13(19)9-21-8-12/h1-4,12-13H,5-9H2. The molecule has 0 N–H and O–H groups in total. The molecule has 2 bridgehead atoms. The number of ether oxygens (including phenoxy) is 1. The first-order valence-electron chi connectivity index (χ1n) is 6.95. The topological polar surface area (TPSA) is 29.5 Å². The van der Waals surface area contributed by atoms with Crippen molar-refractivity contribution in [1.82, 2.24) is 4.90 Å². The summed E-state index contributed by atoms with van der Waals surface area (Å²) in [4.78, 5) is 14.1. The van der Waals surface area contributed by atoms with E-state index in [9.17, 15) is 4.79 Å². The molecule has 0 aliphatic carbocycles. The van der Waals surface area contributed by atoms with Crippen LogP contribution in [0.15, 0.2) is 24.3 Å². The van der Waals surface area contributed by atoms with E-state index in [1.807, 2.05) is 18.2 Å². The molecular weight excluding hydrogens is 333 g/mol. The summed E-state index contributed by atoms with van der Waals surface area (Å²) >= 11 is 17.8. The third-order valence-corrected chi connectivity index (χ3v) is 4.76. The Bertz CT molecular complexity index is 528. The molecule has 2 heterocycles. The molecule has 0 spiro atoms. The molecule has 1 aromatic rings. The number of benzene rings is 1. The van der Waals surface area contributed by atoms with Crippen LogP contribution in [0.3, 0.4) is 0 Å². The largest absolute Gasteiger partial charge is 0.378 e. The lowest BCUT2D eigenvalue weighted by molar-refractivity contribution is -0.136. The van der Waals surface area contributed by atoms with Crippen LogP contribution in [-0.2, 0) is 19.9 Å². The average Bonchev–Trinajstić information content (AvgIpc) is 2.39. The predicted octanol–water partition coefficient (Wildman–Crippen LogP) is 3.45. The van der Waals surface area contributed by atoms with Crippen LogP contribution in [0.1, 0.15) is 24.0 Å². The maximum atomic E-state index is 11.7. The van der Waals surface area contributed by atoms with Gasteiger partial charge in [0.05, 0.1) is 13.2 Å². The molecule has 114 valence electrons. The monoisotopic (exact) mass is 347 g/mol. The minimum atomic E-state index is -1.41. The fraction of sp³-hybridized carbons (Fsp3) is 0.533. The number of fused-ring (bicyclic) bond motifs is 2. The predicted molar refractivity (Wildman–Crippen MR) is 83.9 cm³/mol. The Balaban J connectivity index is 1.79. The molecule has 21 heavy (non-hydrogen) atoms. The van der Waals surface area contributed by atoms with E-state index >= 15 is 0 Å². The van der Waals surface area contributed by atoms with Gasteiger partial charge in [-0.25, -0.2) is 0 Å². The molecule has 2 fully saturated rings. The number of alkyl halides is 3. The van der Waals surface area contributed by atoms with Crippen LogP contribution in [0.2, 0.25) is 0 Å². The van der Waals surface area contributed by atoms with E-state index in [1.54, 1.807) is 6.07 Å². The van der Waals surface area contributed by atoms with E-state index in [4.69, 9.17) is 39.5 Å². The van der Waals surface area contributed by atoms with Gasteiger partial charge in [-0.3, -0.25) is 9.69 Å². The van der Waals surface area contributed by atoms with Crippen LogP contribution in [0.5, 0.6) is 0 Å². The average molecular weight is 349 g/mol. The second-order valence-corrected chi connectivity index (χ2v) is 7.94. The van der Waals surface area contributed by atoms with Crippen LogP contribution >= 0.6 is 34.8 Å². The second kappa shape index (κ2) is 6.05. The number of ketones is 1. The number of carbonyl (C=O) groups excluding carboxylic acids is 1. The number of halogens is 3. The quantitative estimate of drug-likeness (QED) is 0.767. The van der Waals surface area contributed by atoms with Gasteiger partial charge in [0.25, 0.3) is 0 Å². The van der Waals surface area contributed by atoms with Crippen molar-refractivity contribution in [2.75, 3.05) is 13.2 Å². The maximum Gasteiger partial charge on any atom is 0.216 e. The third-order valence-electron chi connectivity index (χ3n) is 4.10. The highest BCUT2D eigenvalue weighted by atomic mass is 35.6. The van der Waals surface area contributed by atoms with Gasteiger partial charge < -0.3 is 4.74 Å². The molecule has 3 nitrogen and oxygen atoms in total. The molecule has 6 heteroatoms. The molecular formula is C15H16Cl3NO2. The highest BCUT2D eigenvalue weighted by Gasteiger charge is 2.38. The Morgan fingerprint density at radius 1 is 1.19 bits per heavy atom. The minimum absolute atomic E-state index is 0.168. The molecule has 2 atom stereocenters. The summed E-state index contributed by atoms with van der Waals surface area (Å²) in [5.41, 5.74) is 1.75. The molecule has 0 radical (unpaired) electrons. The van der Waals surface area contributed by atoms with E-state index in [2.05, 4.69) is 4.90 Å². The molecule has 1 aromatic carbocycles. The fourth-order valence-electron chi connectivity index (χ4n) is 3.11. The molecule has 0 aromatic heterocycles. The van der Waals surface area contributed by atoms with Gasteiger partial charge in [-0.2, -0.15) is 0 Å². The van der Waals surface area contributed by atoms with Crippen LogP contribution in [0, 0.1) is 0 Å². The van der Waals surface area contributed by atoms with Crippen molar-refractivity contribution < 1.29 is 9.53 Å². The summed E-state index contributed by atoms with van der Waals surface area (Å²) in [6.45, 7) is 1.99. The van der Waals surface area contributed by atoms with Crippen LogP contribution in [0.25, 0.3) is 0 Å². The van der Waals surface area contributed by atoms with Gasteiger partial charge in [-0.1, -0.05) is 59.1 Å². The fourth-order valence-corrected chi connectivity index (χ4v) is 3.46. The first kappa shape index (κ1) is 15.6. The smallest absolute Gasteiger partial charge is 0.216 e. The summed E-state index contributed by atoms with van der Waals surface area (Å²) in [5, 5.41) is 0. The summed E-state index contributed by atoms with van der Waals surface area (Å²) in [6.07, 6.45) is 1.14. The highest BCUT2D eigenvalue weighted by Crippen LogP contribution is 2.38. The molecule has 2 aliphatic rings. The van der Waals surface area contributed by atoms with E-state index in [-0.39, 0.29) is 12.1 Å². The molecule has 3 rings (SSSR count). The first-order valence-corrected chi connectivity index (χ1v) is 8.08. The summed E-state index contributed by atoms with van der Waals surface area (Å²) < 4.78 is 4.16. The number of hydrogen-bond acceptors (Lipinski definition) is 3. The van der Waals surface area contributed by atoms with Crippen LogP contribution in [-0.4, -0.2) is 36.0 Å². The lowest BCUT2D eigenvalue weighted by Gasteiger charge is -2.45. The SMILES string of the molecule is O=C1CC2COCC(C1)N2Cc1cccc(C(Cl)(Cl)Cl)c1. The summed E-state index contributed by atoms with van der Waals surface area (Å²) in [7, 11) is 0. The zero-order valence-electron chi connectivity index (χ0n) is 11.4. The van der Waals surface area contributed by atoms with Crippen LogP contribution < -0.4 is 0 Å². The van der Waals surface area contributed by atoms with Gasteiger partial charge in [0.1, 0.15) is 5.78 Å². The van der Waals surface area contributed by atoms with E-state index in [1.165, 1.54) is 0 Å². The second-order valence-electron chi connectivity index (χ2n) is 5.66. The van der Waals surface area contributed by atoms with E-state index in [0.717, 1.165) is 12.1 Å². The normalized spacial score (nSPS) is 26.9. The zero-order valence-corrected chi connectivity index (χ0v) is 13.7. The van der Waals surface area contributed by atoms with Crippen molar-refractivity contribution in [3.05, 3.63) is 35.4 Å². The number of nitrogens with zero attached hydrogens (tertiary/aromatic N) is 1. The Labute approximate surface area is 139 Å². The Hall–Kier alpha value is -0.320. The van der Waals surface area contributed by atoms with Gasteiger partial charge in [-0.05, 0) is 5.56 Å². The molecule has 0 amide bonds. The zero-order chi connectivity index (χ0) is 15.0. The Morgan fingerprint density at radius 2 is 1.86 bits per heavy atom. The number of rotatable bonds is 2. The van der Waals surface area contributed by atoms with E-state index in [0.29, 0.717) is 37.4 Å². The van der Waals surface area contributed by atoms with Gasteiger partial charge in [0.2, 0.25) is 3.79 Å². The Kier molecular flexibility index (Phi) is 4.49. The molecule has 0 saturated carbocycles. The van der Waals surface area contributed by atoms with Gasteiger partial charge in [-0.15, -0.1) is 0 Å². The van der Waals surface area contributed by atoms with E-state index < -0.39 is 3.79 Å². The van der Waals surface area contributed by atoms with Crippen molar-refractivity contribution >= 4 is 40.6 Å². The highest BCUT2D eigenvalue weighted by molar-refractivity contribution is 6.66. The van der Waals surface area contributed by atoms with Crippen molar-refractivity contribution in [3.63, 3.8) is 0 Å². The Morgan fingerprint density at radius 3 is 2.48 bits per heavy atom. The lowest BCUT2D eigenvalue weighted by atomic mass is 9.92. The summed E-state index contributed by atoms with van der Waals surface area (Å²) in [6, 6.07) is 7.98. The first-order chi connectivity index (χ1) is 9.93. The third kappa shape index (κ3) is 3.54. The molecule has 2 saturated heterocycles. The van der Waals surface area contributed by atoms with Crippen molar-refractivity contribution in [2.45, 2.75) is 35.3 Å². The lowest BCUT2D eigenvalue weighted by Crippen LogP contribution is -2.56. The van der Waals surface area contributed by atoms with Crippen molar-refractivity contribution in [3.8, 4) is 0 Å². The summed E-state index contributed by atoms with van der Waals surface area (Å²) in [5.74, 6) is 0.333. The van der Waals surface area contributed by atoms with Gasteiger partial charge >= 0.3 is 0 Å². The maximum absolute atomic E-state index is 11.7. The van der Waals surface area contributed by atoms with Crippen molar-refractivity contribution in [2.24, 2.45) is 0 Å². The minimum Gasteiger partial charge on any atom is -0.378 e. The van der Waals surface area contributed by atoms with Gasteiger partial charge in [0.15, 0.2) is 0 Å².